The number of thiazole rings is 1. The van der Waals surface area contributed by atoms with E-state index >= 15 is 0 Å². The van der Waals surface area contributed by atoms with Crippen molar-refractivity contribution >= 4 is 55.6 Å². The number of anilines is 3. The van der Waals surface area contributed by atoms with E-state index in [0.717, 1.165) is 56.5 Å². The number of likely N-dealkylation sites (tertiary alicyclic amines) is 1. The zero-order chi connectivity index (χ0) is 28.4. The standard InChI is InChI=1S/C27H29N9OS2.C2H6/c37-26(33-20-6-2-1-3-7-20)34-27-29-16-21(38-27)8-9-28-25-24-22(30-18-31-25)14-23(39-24)19-15-32-36(17-19)13-12-35-10-4-5-11-35;1-2/h1-3,6-7,14-18H,4-5,8-13H2,(H,28,30,31)(H2,29,33,34,37);1-2H3. The molecule has 1 aliphatic heterocycles. The van der Waals surface area contributed by atoms with E-state index < -0.39 is 0 Å². The Morgan fingerprint density at radius 2 is 1.80 bits per heavy atom. The van der Waals surface area contributed by atoms with E-state index in [1.165, 1.54) is 37.3 Å². The summed E-state index contributed by atoms with van der Waals surface area (Å²) in [6, 6.07) is 11.1. The third-order valence-corrected chi connectivity index (χ3v) is 8.70. The number of carbonyl (C=O) groups is 1. The second-order valence-corrected chi connectivity index (χ2v) is 11.5. The van der Waals surface area contributed by atoms with E-state index in [1.54, 1.807) is 23.9 Å². The van der Waals surface area contributed by atoms with Gasteiger partial charge in [0.25, 0.3) is 0 Å². The van der Waals surface area contributed by atoms with Crippen LogP contribution in [0.25, 0.3) is 20.7 Å². The minimum absolute atomic E-state index is 0.311. The molecule has 0 atom stereocenters. The largest absolute Gasteiger partial charge is 0.368 e. The van der Waals surface area contributed by atoms with E-state index in [1.807, 2.05) is 55.1 Å². The van der Waals surface area contributed by atoms with Crippen LogP contribution in [0.1, 0.15) is 31.6 Å². The van der Waals surface area contributed by atoms with Gasteiger partial charge in [-0.1, -0.05) is 32.0 Å². The first-order valence-electron chi connectivity index (χ1n) is 14.0. The summed E-state index contributed by atoms with van der Waals surface area (Å²) in [4.78, 5) is 30.2. The highest BCUT2D eigenvalue weighted by Crippen LogP contribution is 2.35. The number of nitrogens with zero attached hydrogens (tertiary/aromatic N) is 6. The highest BCUT2D eigenvalue weighted by Gasteiger charge is 2.14. The number of nitrogens with one attached hydrogen (secondary N) is 3. The van der Waals surface area contributed by atoms with Gasteiger partial charge in [0.05, 0.1) is 23.0 Å². The van der Waals surface area contributed by atoms with Crippen LogP contribution in [0.4, 0.5) is 21.4 Å². The fourth-order valence-electron chi connectivity index (χ4n) is 4.55. The molecule has 0 aliphatic carbocycles. The highest BCUT2D eigenvalue weighted by molar-refractivity contribution is 7.22. The van der Waals surface area contributed by atoms with Crippen molar-refractivity contribution in [2.24, 2.45) is 0 Å². The molecular formula is C29H35N9OS2. The van der Waals surface area contributed by atoms with E-state index in [0.29, 0.717) is 11.7 Å². The van der Waals surface area contributed by atoms with E-state index in [-0.39, 0.29) is 6.03 Å². The van der Waals surface area contributed by atoms with Crippen LogP contribution in [0.15, 0.2) is 61.3 Å². The fourth-order valence-corrected chi connectivity index (χ4v) is 6.41. The lowest BCUT2D eigenvalue weighted by molar-refractivity contribution is 0.262. The Kier molecular flexibility index (Phi) is 9.89. The molecule has 2 amide bonds. The number of thiophene rings is 1. The minimum Gasteiger partial charge on any atom is -0.368 e. The van der Waals surface area contributed by atoms with Crippen molar-refractivity contribution in [3.8, 4) is 10.4 Å². The molecule has 0 bridgehead atoms. The summed E-state index contributed by atoms with van der Waals surface area (Å²) in [6.45, 7) is 9.04. The van der Waals surface area contributed by atoms with Crippen LogP contribution in [-0.2, 0) is 13.0 Å². The number of carbonyl (C=O) groups excluding carboxylic acids is 1. The predicted octanol–water partition coefficient (Wildman–Crippen LogP) is 6.43. The molecular weight excluding hydrogens is 555 g/mol. The van der Waals surface area contributed by atoms with Crippen LogP contribution >= 0.6 is 22.7 Å². The number of rotatable bonds is 10. The zero-order valence-electron chi connectivity index (χ0n) is 23.3. The van der Waals surface area contributed by atoms with Gasteiger partial charge in [-0.15, -0.1) is 22.7 Å². The van der Waals surface area contributed by atoms with E-state index in [9.17, 15) is 4.79 Å². The van der Waals surface area contributed by atoms with Crippen LogP contribution in [0.2, 0.25) is 0 Å². The summed E-state index contributed by atoms with van der Waals surface area (Å²) in [5, 5.41) is 14.2. The van der Waals surface area contributed by atoms with E-state index in [4.69, 9.17) is 0 Å². The summed E-state index contributed by atoms with van der Waals surface area (Å²) in [5.74, 6) is 0.822. The van der Waals surface area contributed by atoms with Gasteiger partial charge in [0.1, 0.15) is 12.1 Å². The normalized spacial score (nSPS) is 13.1. The van der Waals surface area contributed by atoms with Crippen molar-refractivity contribution in [3.05, 3.63) is 66.2 Å². The van der Waals surface area contributed by atoms with Crippen LogP contribution in [0.3, 0.4) is 0 Å². The summed E-state index contributed by atoms with van der Waals surface area (Å²) >= 11 is 3.14. The molecule has 1 saturated heterocycles. The summed E-state index contributed by atoms with van der Waals surface area (Å²) in [5.41, 5.74) is 2.76. The molecule has 41 heavy (non-hydrogen) atoms. The number of para-hydroxylation sites is 1. The maximum Gasteiger partial charge on any atom is 0.325 e. The molecule has 0 spiro atoms. The molecule has 1 fully saturated rings. The summed E-state index contributed by atoms with van der Waals surface area (Å²) in [7, 11) is 0. The second-order valence-electron chi connectivity index (χ2n) is 9.34. The van der Waals surface area contributed by atoms with Gasteiger partial charge in [-0.3, -0.25) is 10.00 Å². The van der Waals surface area contributed by atoms with Crippen molar-refractivity contribution < 1.29 is 4.79 Å². The number of benzene rings is 1. The minimum atomic E-state index is -0.311. The number of hydrogen-bond donors (Lipinski definition) is 3. The van der Waals surface area contributed by atoms with Gasteiger partial charge in [0, 0.05) is 52.9 Å². The fraction of sp³-hybridized carbons (Fsp3) is 0.345. The molecule has 12 heteroatoms. The SMILES string of the molecule is CC.O=C(Nc1ccccc1)Nc1ncc(CCNc2ncnc3cc(-c4cnn(CCN5CCCC5)c4)sc23)s1. The molecule has 214 valence electrons. The molecule has 0 unspecified atom stereocenters. The van der Waals surface area contributed by atoms with Crippen molar-refractivity contribution in [2.75, 3.05) is 42.1 Å². The summed E-state index contributed by atoms with van der Waals surface area (Å²) < 4.78 is 3.06. The molecule has 0 saturated carbocycles. The van der Waals surface area contributed by atoms with Gasteiger partial charge >= 0.3 is 6.03 Å². The average Bonchev–Trinajstić information content (AvgIpc) is 3.81. The maximum absolute atomic E-state index is 12.2. The molecule has 1 aliphatic rings. The predicted molar refractivity (Wildman–Crippen MR) is 169 cm³/mol. The lowest BCUT2D eigenvalue weighted by Crippen LogP contribution is -2.24. The Bertz CT molecular complexity index is 1540. The third kappa shape index (κ3) is 7.66. The molecule has 0 radical (unpaired) electrons. The maximum atomic E-state index is 12.2. The van der Waals surface area contributed by atoms with Gasteiger partial charge in [-0.05, 0) is 44.1 Å². The van der Waals surface area contributed by atoms with Gasteiger partial charge < -0.3 is 15.5 Å². The van der Waals surface area contributed by atoms with Crippen LogP contribution in [-0.4, -0.2) is 61.8 Å². The lowest BCUT2D eigenvalue weighted by atomic mass is 10.3. The molecule has 10 nitrogen and oxygen atoms in total. The molecule has 3 N–H and O–H groups in total. The monoisotopic (exact) mass is 589 g/mol. The van der Waals surface area contributed by atoms with Crippen molar-refractivity contribution in [3.63, 3.8) is 0 Å². The molecule has 4 aromatic heterocycles. The van der Waals surface area contributed by atoms with Crippen LogP contribution in [0, 0.1) is 0 Å². The van der Waals surface area contributed by atoms with Crippen LogP contribution in [0.5, 0.6) is 0 Å². The van der Waals surface area contributed by atoms with Crippen molar-refractivity contribution in [1.29, 1.82) is 0 Å². The highest BCUT2D eigenvalue weighted by atomic mass is 32.1. The van der Waals surface area contributed by atoms with Gasteiger partial charge in [-0.2, -0.15) is 5.10 Å². The van der Waals surface area contributed by atoms with Crippen molar-refractivity contribution in [1.82, 2.24) is 29.6 Å². The quantitative estimate of drug-likeness (QED) is 0.172. The van der Waals surface area contributed by atoms with Crippen LogP contribution < -0.4 is 16.0 Å². The number of hydrogen-bond acceptors (Lipinski definition) is 9. The zero-order valence-corrected chi connectivity index (χ0v) is 25.0. The second kappa shape index (κ2) is 14.2. The smallest absolute Gasteiger partial charge is 0.325 e. The Morgan fingerprint density at radius 3 is 2.63 bits per heavy atom. The van der Waals surface area contributed by atoms with Crippen molar-refractivity contribution in [2.45, 2.75) is 39.7 Å². The number of amides is 2. The number of fused-ring (bicyclic) bond motifs is 1. The molecule has 5 heterocycles. The first-order chi connectivity index (χ1) is 20.2. The Balaban J connectivity index is 0.00000165. The van der Waals surface area contributed by atoms with Gasteiger partial charge in [-0.25, -0.2) is 19.7 Å². The first kappa shape index (κ1) is 28.7. The van der Waals surface area contributed by atoms with E-state index in [2.05, 4.69) is 53.2 Å². The Labute approximate surface area is 247 Å². The van der Waals surface area contributed by atoms with Gasteiger partial charge in [0.15, 0.2) is 5.13 Å². The Hall–Kier alpha value is -3.87. The molecule has 5 aromatic rings. The molecule has 1 aromatic carbocycles. The summed E-state index contributed by atoms with van der Waals surface area (Å²) in [6.07, 6.45) is 10.8. The number of urea groups is 1. The Morgan fingerprint density at radius 1 is 0.976 bits per heavy atom. The molecule has 6 rings (SSSR count). The number of aromatic nitrogens is 5. The van der Waals surface area contributed by atoms with Gasteiger partial charge in [0.2, 0.25) is 0 Å². The average molecular weight is 590 g/mol. The lowest BCUT2D eigenvalue weighted by Gasteiger charge is -2.13. The first-order valence-corrected chi connectivity index (χ1v) is 15.6. The third-order valence-electron chi connectivity index (χ3n) is 6.54. The topological polar surface area (TPSA) is 113 Å².